The Bertz CT molecular complexity index is 1870. The zero-order chi connectivity index (χ0) is 32.6. The van der Waals surface area contributed by atoms with Gasteiger partial charge in [0.05, 0.1) is 30.4 Å². The zero-order valence-electron chi connectivity index (χ0n) is 26.3. The second kappa shape index (κ2) is 16.6. The summed E-state index contributed by atoms with van der Waals surface area (Å²) < 4.78 is 68.2. The summed E-state index contributed by atoms with van der Waals surface area (Å²) in [5.41, 5.74) is 8.68. The van der Waals surface area contributed by atoms with Crippen molar-refractivity contribution in [2.24, 2.45) is 4.99 Å². The van der Waals surface area contributed by atoms with Gasteiger partial charge in [-0.1, -0.05) is 24.3 Å². The van der Waals surface area contributed by atoms with Gasteiger partial charge in [-0.15, -0.1) is 0 Å². The number of benzene rings is 3. The first kappa shape index (κ1) is 37.2. The van der Waals surface area contributed by atoms with E-state index in [1.165, 1.54) is 0 Å². The number of anilines is 3. The summed E-state index contributed by atoms with van der Waals surface area (Å²) in [7, 11) is -8.18. The minimum atomic E-state index is -4.11. The summed E-state index contributed by atoms with van der Waals surface area (Å²) in [5.74, 6) is -0.0455. The molecule has 1 aliphatic rings. The molecule has 0 unspecified atom stereocenters. The third-order valence-corrected chi connectivity index (χ3v) is 8.35. The average Bonchev–Trinajstić information content (AvgIpc) is 2.96. The SMILES string of the molecule is CCOc1ccc(Nc2ccc(C(=C3C=CC(=NCCS(=O)(=O)O)C(C)=C3)c3ccc(NCCS(=O)(=O)O)c(C)c3)cc2)cc1.[Na+]. The van der Waals surface area contributed by atoms with E-state index in [1.807, 2.05) is 106 Å². The van der Waals surface area contributed by atoms with Gasteiger partial charge in [0.15, 0.2) is 0 Å². The fourth-order valence-corrected chi connectivity index (χ4v) is 5.47. The molecule has 0 radical (unpaired) electrons. The summed E-state index contributed by atoms with van der Waals surface area (Å²) >= 11 is 0. The number of hydrogen-bond acceptors (Lipinski definition) is 8. The number of aliphatic imine (C=N–C) groups is 1. The van der Waals surface area contributed by atoms with E-state index in [4.69, 9.17) is 13.8 Å². The molecule has 4 rings (SSSR count). The second-order valence-electron chi connectivity index (χ2n) is 10.4. The number of ether oxygens (including phenoxy) is 1. The van der Waals surface area contributed by atoms with Crippen LogP contribution in [-0.4, -0.2) is 62.9 Å². The van der Waals surface area contributed by atoms with Crippen molar-refractivity contribution >= 4 is 48.6 Å². The summed E-state index contributed by atoms with van der Waals surface area (Å²) in [6.07, 6.45) is 5.74. The Morgan fingerprint density at radius 2 is 1.43 bits per heavy atom. The summed E-state index contributed by atoms with van der Waals surface area (Å²) in [6.45, 7) is 6.38. The van der Waals surface area contributed by atoms with Crippen LogP contribution in [0.1, 0.15) is 30.5 Å². The number of rotatable bonds is 13. The minimum absolute atomic E-state index is 0. The van der Waals surface area contributed by atoms with Crippen LogP contribution in [0.3, 0.4) is 0 Å². The summed E-state index contributed by atoms with van der Waals surface area (Å²) in [6, 6.07) is 21.6. The molecular formula is C33H37N3NaO7S2+. The Morgan fingerprint density at radius 3 is 2.00 bits per heavy atom. The van der Waals surface area contributed by atoms with Gasteiger partial charge in [0.25, 0.3) is 20.2 Å². The van der Waals surface area contributed by atoms with Crippen LogP contribution in [0.4, 0.5) is 17.1 Å². The first-order chi connectivity index (χ1) is 21.3. The molecular weight excluding hydrogens is 638 g/mol. The van der Waals surface area contributed by atoms with Gasteiger partial charge in [-0.05, 0) is 115 Å². The van der Waals surface area contributed by atoms with Crippen molar-refractivity contribution in [1.29, 1.82) is 0 Å². The van der Waals surface area contributed by atoms with E-state index in [9.17, 15) is 16.8 Å². The Morgan fingerprint density at radius 1 is 0.826 bits per heavy atom. The summed E-state index contributed by atoms with van der Waals surface area (Å²) in [4.78, 5) is 4.34. The maximum absolute atomic E-state index is 11.1. The maximum atomic E-state index is 11.1. The van der Waals surface area contributed by atoms with Crippen LogP contribution in [0.25, 0.3) is 5.57 Å². The first-order valence-corrected chi connectivity index (χ1v) is 17.5. The van der Waals surface area contributed by atoms with E-state index in [0.717, 1.165) is 56.2 Å². The first-order valence-electron chi connectivity index (χ1n) is 14.3. The molecule has 10 nitrogen and oxygen atoms in total. The van der Waals surface area contributed by atoms with Crippen molar-refractivity contribution in [3.8, 4) is 5.75 Å². The number of nitrogens with zero attached hydrogens (tertiary/aromatic N) is 1. The minimum Gasteiger partial charge on any atom is -0.494 e. The molecule has 238 valence electrons. The van der Waals surface area contributed by atoms with Gasteiger partial charge in [0, 0.05) is 23.6 Å². The molecule has 0 aromatic heterocycles. The van der Waals surface area contributed by atoms with Crippen LogP contribution >= 0.6 is 0 Å². The van der Waals surface area contributed by atoms with Gasteiger partial charge in [-0.3, -0.25) is 14.1 Å². The molecule has 3 aromatic carbocycles. The molecule has 0 atom stereocenters. The molecule has 0 fully saturated rings. The predicted molar refractivity (Wildman–Crippen MR) is 181 cm³/mol. The Labute approximate surface area is 293 Å². The van der Waals surface area contributed by atoms with Crippen molar-refractivity contribution in [2.45, 2.75) is 20.8 Å². The third-order valence-electron chi connectivity index (χ3n) is 6.93. The quantitative estimate of drug-likeness (QED) is 0.158. The second-order valence-corrected chi connectivity index (χ2v) is 13.6. The fourth-order valence-electron chi connectivity index (χ4n) is 4.79. The topological polar surface area (TPSA) is 154 Å². The monoisotopic (exact) mass is 674 g/mol. The van der Waals surface area contributed by atoms with Crippen molar-refractivity contribution in [1.82, 2.24) is 0 Å². The average molecular weight is 675 g/mol. The third kappa shape index (κ3) is 11.2. The normalized spacial score (nSPS) is 15.2. The van der Waals surface area contributed by atoms with Crippen molar-refractivity contribution in [3.05, 3.63) is 113 Å². The predicted octanol–water partition coefficient (Wildman–Crippen LogP) is 3.09. The number of allylic oxidation sites excluding steroid dienone is 5. The van der Waals surface area contributed by atoms with E-state index in [1.54, 1.807) is 0 Å². The largest absolute Gasteiger partial charge is 1.00 e. The Hall–Kier alpha value is -3.23. The Balaban J connectivity index is 0.00000576. The number of aryl methyl sites for hydroxylation is 1. The molecule has 0 heterocycles. The van der Waals surface area contributed by atoms with E-state index >= 15 is 0 Å². The molecule has 13 heteroatoms. The van der Waals surface area contributed by atoms with Gasteiger partial charge >= 0.3 is 29.6 Å². The van der Waals surface area contributed by atoms with Gasteiger partial charge in [-0.2, -0.15) is 16.8 Å². The smallest absolute Gasteiger partial charge is 0.494 e. The molecule has 0 aliphatic heterocycles. The van der Waals surface area contributed by atoms with Crippen LogP contribution in [0.15, 0.2) is 101 Å². The molecule has 0 saturated carbocycles. The molecule has 0 spiro atoms. The van der Waals surface area contributed by atoms with Crippen LogP contribution in [-0.2, 0) is 20.2 Å². The fraction of sp³-hybridized carbons (Fsp3) is 0.242. The van der Waals surface area contributed by atoms with Crippen LogP contribution in [0.5, 0.6) is 5.75 Å². The van der Waals surface area contributed by atoms with Gasteiger partial charge in [0.1, 0.15) is 5.75 Å². The van der Waals surface area contributed by atoms with Gasteiger partial charge in [-0.25, -0.2) is 0 Å². The van der Waals surface area contributed by atoms with Crippen molar-refractivity contribution < 1.29 is 60.2 Å². The maximum Gasteiger partial charge on any atom is 1.00 e. The summed E-state index contributed by atoms with van der Waals surface area (Å²) in [5, 5.41) is 6.47. The van der Waals surface area contributed by atoms with Crippen molar-refractivity contribution in [3.63, 3.8) is 0 Å². The standard InChI is InChI=1S/C33H37N3O7S2.Na/c1-4-43-30-13-11-29(12-14-30)36-28-9-5-25(6-10-28)33(26-7-15-31(23(2)21-26)34-17-19-44(37,38)39)27-8-16-32(24(3)22-27)35-18-20-45(40,41)42;/h5-16,21-22,34,36H,4,17-20H2,1-3H3,(H,37,38,39)(H,40,41,42);/q;+1. The van der Waals surface area contributed by atoms with Gasteiger partial charge < -0.3 is 15.4 Å². The molecule has 1 aliphatic carbocycles. The molecule has 4 N–H and O–H groups in total. The van der Waals surface area contributed by atoms with Crippen LogP contribution in [0, 0.1) is 6.92 Å². The van der Waals surface area contributed by atoms with Crippen LogP contribution in [0.2, 0.25) is 0 Å². The number of hydrogen-bond donors (Lipinski definition) is 4. The molecule has 0 amide bonds. The van der Waals surface area contributed by atoms with E-state index in [-0.39, 0.29) is 42.6 Å². The van der Waals surface area contributed by atoms with E-state index < -0.39 is 31.7 Å². The van der Waals surface area contributed by atoms with E-state index in [0.29, 0.717) is 12.3 Å². The molecule has 46 heavy (non-hydrogen) atoms. The molecule has 3 aromatic rings. The zero-order valence-corrected chi connectivity index (χ0v) is 30.0. The molecule has 0 saturated heterocycles. The Kier molecular flexibility index (Phi) is 13.4. The van der Waals surface area contributed by atoms with Crippen molar-refractivity contribution in [2.75, 3.05) is 41.8 Å². The van der Waals surface area contributed by atoms with E-state index in [2.05, 4.69) is 15.6 Å². The van der Waals surface area contributed by atoms with Gasteiger partial charge in [0.2, 0.25) is 0 Å². The molecule has 0 bridgehead atoms. The number of nitrogens with one attached hydrogen (secondary N) is 2. The van der Waals surface area contributed by atoms with Crippen LogP contribution < -0.4 is 44.9 Å².